The SMILES string of the molecule is Cc1[nH]n(-c2cc(OS(=O)O)ccc2S(=O)(=O)O)c(=O)c1/C=C/C=C/C1=CC(=C2\C(=O)N(c3cc(OS(=O)O)ccc3S(=O)(=O)O)NC2C)/CC(C)(C)C1. The predicted molar refractivity (Wildman–Crippen MR) is 196 cm³/mol. The highest BCUT2D eigenvalue weighted by molar-refractivity contribution is 7.86. The van der Waals surface area contributed by atoms with Crippen molar-refractivity contribution in [1.82, 2.24) is 15.2 Å². The molecule has 1 aromatic heterocycles. The van der Waals surface area contributed by atoms with Crippen molar-refractivity contribution in [3.05, 3.63) is 99.0 Å². The number of aromatic nitrogens is 2. The number of aromatic amines is 1. The van der Waals surface area contributed by atoms with Gasteiger partial charge in [-0.15, -0.1) is 0 Å². The molecule has 5 rings (SSSR count). The Balaban J connectivity index is 1.47. The van der Waals surface area contributed by atoms with E-state index in [9.17, 15) is 43.9 Å². The predicted octanol–water partition coefficient (Wildman–Crippen LogP) is 3.55. The summed E-state index contributed by atoms with van der Waals surface area (Å²) in [6.07, 6.45) is 9.32. The third kappa shape index (κ3) is 9.05. The van der Waals surface area contributed by atoms with Gasteiger partial charge in [-0.05, 0) is 73.6 Å². The molecule has 3 atom stereocenters. The molecule has 22 heteroatoms. The number of benzene rings is 2. The van der Waals surface area contributed by atoms with Gasteiger partial charge in [-0.25, -0.2) is 15.1 Å². The molecule has 1 aliphatic heterocycles. The number of hydrogen-bond acceptors (Lipinski definition) is 11. The lowest BCUT2D eigenvalue weighted by molar-refractivity contribution is -0.114. The van der Waals surface area contributed by atoms with Crippen LogP contribution in [0, 0.1) is 12.3 Å². The van der Waals surface area contributed by atoms with Crippen LogP contribution in [0.15, 0.2) is 92.0 Å². The van der Waals surface area contributed by atoms with Crippen LogP contribution in [0.1, 0.15) is 44.9 Å². The number of rotatable bonds is 11. The fraction of sp³-hybridized carbons (Fsp3) is 0.250. The second-order valence-electron chi connectivity index (χ2n) is 13.0. The number of hydrogen-bond donors (Lipinski definition) is 6. The Bertz CT molecular complexity index is 2500. The number of allylic oxidation sites excluding steroid dienone is 6. The van der Waals surface area contributed by atoms with Gasteiger partial charge in [0.2, 0.25) is 0 Å². The fourth-order valence-corrected chi connectivity index (χ4v) is 8.10. The van der Waals surface area contributed by atoms with Crippen LogP contribution in [0.5, 0.6) is 11.5 Å². The highest BCUT2D eigenvalue weighted by Crippen LogP contribution is 2.42. The Morgan fingerprint density at radius 1 is 0.870 bits per heavy atom. The van der Waals surface area contributed by atoms with Gasteiger partial charge in [-0.1, -0.05) is 38.2 Å². The summed E-state index contributed by atoms with van der Waals surface area (Å²) in [4.78, 5) is 26.0. The first-order valence-electron chi connectivity index (χ1n) is 15.6. The molecule has 290 valence electrons. The van der Waals surface area contributed by atoms with Crippen molar-refractivity contribution >= 4 is 60.6 Å². The van der Waals surface area contributed by atoms with Crippen LogP contribution in [-0.4, -0.2) is 65.2 Å². The quantitative estimate of drug-likeness (QED) is 0.0698. The highest BCUT2D eigenvalue weighted by atomic mass is 32.2. The first kappa shape index (κ1) is 40.7. The minimum Gasteiger partial charge on any atom is -0.380 e. The molecule has 0 spiro atoms. The molecule has 3 unspecified atom stereocenters. The molecule has 18 nitrogen and oxygen atoms in total. The van der Waals surface area contributed by atoms with Crippen LogP contribution in [0.2, 0.25) is 0 Å². The molecule has 0 radical (unpaired) electrons. The zero-order valence-corrected chi connectivity index (χ0v) is 32.0. The number of carbonyl (C=O) groups is 1. The van der Waals surface area contributed by atoms with Crippen molar-refractivity contribution in [3.63, 3.8) is 0 Å². The molecule has 2 heterocycles. The smallest absolute Gasteiger partial charge is 0.357 e. The lowest BCUT2D eigenvalue weighted by Crippen LogP contribution is -2.37. The molecule has 2 aliphatic rings. The van der Waals surface area contributed by atoms with Crippen LogP contribution in [0.3, 0.4) is 0 Å². The highest BCUT2D eigenvalue weighted by Gasteiger charge is 2.39. The third-order valence-corrected chi connectivity index (χ3v) is 10.8. The molecule has 0 bridgehead atoms. The third-order valence-electron chi connectivity index (χ3n) is 8.28. The van der Waals surface area contributed by atoms with E-state index < -0.39 is 70.3 Å². The Morgan fingerprint density at radius 3 is 1.96 bits per heavy atom. The van der Waals surface area contributed by atoms with Gasteiger partial charge < -0.3 is 8.37 Å². The Kier molecular flexibility index (Phi) is 11.5. The topological polar surface area (TPSA) is 272 Å². The Labute approximate surface area is 314 Å². The van der Waals surface area contributed by atoms with Crippen molar-refractivity contribution in [2.24, 2.45) is 5.41 Å². The van der Waals surface area contributed by atoms with Gasteiger partial charge >= 0.3 is 22.7 Å². The summed E-state index contributed by atoms with van der Waals surface area (Å²) in [7, 11) is -9.68. The summed E-state index contributed by atoms with van der Waals surface area (Å²) in [6, 6.07) is 5.33. The van der Waals surface area contributed by atoms with Crippen LogP contribution in [-0.2, 0) is 47.8 Å². The maximum Gasteiger partial charge on any atom is 0.357 e. The molecule has 1 fully saturated rings. The zero-order chi connectivity index (χ0) is 39.9. The van der Waals surface area contributed by atoms with Crippen molar-refractivity contribution < 1.29 is 56.6 Å². The van der Waals surface area contributed by atoms with Gasteiger partial charge in [0.25, 0.3) is 31.7 Å². The fourth-order valence-electron chi connectivity index (χ4n) is 6.26. The number of carbonyl (C=O) groups excluding carboxylic acids is 1. The molecular formula is C32H34N4O14S4. The van der Waals surface area contributed by atoms with Gasteiger partial charge in [0.1, 0.15) is 21.3 Å². The maximum absolute atomic E-state index is 13.9. The van der Waals surface area contributed by atoms with E-state index in [0.717, 1.165) is 51.7 Å². The standard InChI is InChI=1S/C32H34N4O14S4/c1-18-24(30(37)35(33-18)25-14-22(49-51(39)40)9-11-27(25)53(43,44)45)8-6-5-7-20-13-21(17-32(3,4)16-20)29-19(2)34-36(31(29)38)26-15-23(50-52(41)42)10-12-28(26)54(46,47)48/h5-15,19,33-34H,16-17H2,1-4H3,(H,39,40)(H,41,42)(H,43,44,45)(H,46,47,48)/b7-5+,8-6+,29-21+. The number of hydrazine groups is 1. The van der Waals surface area contributed by atoms with Crippen molar-refractivity contribution in [2.75, 3.05) is 5.01 Å². The van der Waals surface area contributed by atoms with Crippen LogP contribution in [0.25, 0.3) is 11.8 Å². The summed E-state index contributed by atoms with van der Waals surface area (Å²) < 4.78 is 119. The number of aryl methyl sites for hydroxylation is 1. The van der Waals surface area contributed by atoms with Gasteiger partial charge in [0.05, 0.1) is 23.0 Å². The summed E-state index contributed by atoms with van der Waals surface area (Å²) in [5.74, 6) is -1.12. The van der Waals surface area contributed by atoms with E-state index in [0.29, 0.717) is 29.7 Å². The Morgan fingerprint density at radius 2 is 1.41 bits per heavy atom. The largest absolute Gasteiger partial charge is 0.380 e. The summed E-state index contributed by atoms with van der Waals surface area (Å²) in [5.41, 5.74) is 3.37. The second kappa shape index (κ2) is 15.3. The first-order chi connectivity index (χ1) is 25.1. The molecule has 2 aromatic carbocycles. The van der Waals surface area contributed by atoms with Gasteiger partial charge in [-0.2, -0.15) is 25.3 Å². The molecule has 6 N–H and O–H groups in total. The minimum atomic E-state index is -4.84. The number of nitrogens with zero attached hydrogens (tertiary/aromatic N) is 2. The van der Waals surface area contributed by atoms with E-state index in [1.807, 2.05) is 19.9 Å². The summed E-state index contributed by atoms with van der Waals surface area (Å²) >= 11 is -5.51. The van der Waals surface area contributed by atoms with Crippen molar-refractivity contribution in [3.8, 4) is 17.2 Å². The Hall–Kier alpha value is -4.52. The van der Waals surface area contributed by atoms with Crippen LogP contribution in [0.4, 0.5) is 5.69 Å². The number of anilines is 1. The zero-order valence-electron chi connectivity index (χ0n) is 28.7. The average Bonchev–Trinajstić information content (AvgIpc) is 3.49. The van der Waals surface area contributed by atoms with E-state index >= 15 is 0 Å². The van der Waals surface area contributed by atoms with Gasteiger partial charge in [-0.3, -0.25) is 32.9 Å². The lowest BCUT2D eigenvalue weighted by Gasteiger charge is -2.31. The van der Waals surface area contributed by atoms with Crippen LogP contribution >= 0.6 is 0 Å². The molecule has 54 heavy (non-hydrogen) atoms. The molecular weight excluding hydrogens is 793 g/mol. The maximum atomic E-state index is 13.9. The normalized spacial score (nSPS) is 20.4. The van der Waals surface area contributed by atoms with Gasteiger partial charge in [0, 0.05) is 23.4 Å². The van der Waals surface area contributed by atoms with Crippen LogP contribution < -0.4 is 24.4 Å². The minimum absolute atomic E-state index is 0.124. The molecule has 0 saturated carbocycles. The number of nitrogens with one attached hydrogen (secondary N) is 2. The number of H-pyrrole nitrogens is 1. The summed E-state index contributed by atoms with van der Waals surface area (Å²) in [5, 5.41) is 3.66. The van der Waals surface area contributed by atoms with Crippen molar-refractivity contribution in [1.29, 1.82) is 0 Å². The van der Waals surface area contributed by atoms with E-state index in [2.05, 4.69) is 10.5 Å². The molecule has 1 aliphatic carbocycles. The lowest BCUT2D eigenvalue weighted by atomic mass is 9.73. The van der Waals surface area contributed by atoms with Gasteiger partial charge in [0.15, 0.2) is 0 Å². The average molecular weight is 827 g/mol. The van der Waals surface area contributed by atoms with E-state index in [4.69, 9.17) is 17.5 Å². The van der Waals surface area contributed by atoms with E-state index in [1.54, 1.807) is 32.1 Å². The molecule has 1 saturated heterocycles. The van der Waals surface area contributed by atoms with E-state index in [-0.39, 0.29) is 33.9 Å². The van der Waals surface area contributed by atoms with Crippen molar-refractivity contribution in [2.45, 2.75) is 56.4 Å². The van der Waals surface area contributed by atoms with E-state index in [1.165, 1.54) is 6.08 Å². The monoisotopic (exact) mass is 826 g/mol. The summed E-state index contributed by atoms with van der Waals surface area (Å²) in [6.45, 7) is 7.23. The first-order valence-corrected chi connectivity index (χ1v) is 20.5. The number of amides is 1. The molecule has 3 aromatic rings. The second-order valence-corrected chi connectivity index (χ2v) is 17.0. The molecule has 1 amide bonds.